The molecule has 1 heterocycles. The fourth-order valence-electron chi connectivity index (χ4n) is 3.83. The predicted octanol–water partition coefficient (Wildman–Crippen LogP) is 3.74. The van der Waals surface area contributed by atoms with E-state index in [4.69, 9.17) is 15.2 Å². The highest BCUT2D eigenvalue weighted by Gasteiger charge is 2.36. The summed E-state index contributed by atoms with van der Waals surface area (Å²) in [5, 5.41) is 0. The molecule has 1 aliphatic heterocycles. The summed E-state index contributed by atoms with van der Waals surface area (Å²) in [6, 6.07) is 6.33. The highest BCUT2D eigenvalue weighted by molar-refractivity contribution is 7.99. The largest absolute Gasteiger partial charge is 0.493 e. The average Bonchev–Trinajstić information content (AvgIpc) is 3.08. The van der Waals surface area contributed by atoms with Crippen LogP contribution in [0.5, 0.6) is 11.5 Å². The van der Waals surface area contributed by atoms with Crippen LogP contribution >= 0.6 is 11.8 Å². The van der Waals surface area contributed by atoms with Crippen molar-refractivity contribution in [3.05, 3.63) is 23.8 Å². The molecular formula is C18H27NO2S. The van der Waals surface area contributed by atoms with Gasteiger partial charge in [-0.1, -0.05) is 31.4 Å². The molecule has 1 unspecified atom stereocenters. The van der Waals surface area contributed by atoms with Crippen LogP contribution in [0.15, 0.2) is 18.2 Å². The molecule has 1 atom stereocenters. The van der Waals surface area contributed by atoms with Gasteiger partial charge in [-0.15, -0.1) is 0 Å². The molecule has 1 saturated carbocycles. The smallest absolute Gasteiger partial charge is 0.164 e. The van der Waals surface area contributed by atoms with E-state index >= 15 is 0 Å². The minimum atomic E-state index is 0.0629. The monoisotopic (exact) mass is 321 g/mol. The first-order chi connectivity index (χ1) is 10.8. The van der Waals surface area contributed by atoms with E-state index < -0.39 is 0 Å². The molecule has 3 nitrogen and oxygen atoms in total. The number of hydrogen-bond acceptors (Lipinski definition) is 4. The first kappa shape index (κ1) is 16.0. The number of rotatable bonds is 5. The lowest BCUT2D eigenvalue weighted by Crippen LogP contribution is -2.37. The van der Waals surface area contributed by atoms with Gasteiger partial charge in [0.15, 0.2) is 11.5 Å². The van der Waals surface area contributed by atoms with Crippen LogP contribution in [-0.2, 0) is 5.41 Å². The van der Waals surface area contributed by atoms with E-state index in [9.17, 15) is 0 Å². The second-order valence-electron chi connectivity index (χ2n) is 6.49. The third-order valence-corrected chi connectivity index (χ3v) is 6.27. The van der Waals surface area contributed by atoms with Crippen LogP contribution in [0.3, 0.4) is 0 Å². The average molecular weight is 321 g/mol. The van der Waals surface area contributed by atoms with Gasteiger partial charge in [0.05, 0.1) is 7.11 Å². The Bertz CT molecular complexity index is 494. The Morgan fingerprint density at radius 2 is 2.09 bits per heavy atom. The van der Waals surface area contributed by atoms with Gasteiger partial charge in [0.2, 0.25) is 0 Å². The standard InChI is InChI=1S/C18H27NO2S/c1-20-17-15(18(13-19)9-3-2-4-10-18)6-5-7-16(17)21-14-8-11-22-12-14/h5-7,14H,2-4,8-13,19H2,1H3. The molecule has 22 heavy (non-hydrogen) atoms. The van der Waals surface area contributed by atoms with Crippen LogP contribution in [-0.4, -0.2) is 31.3 Å². The number of thioether (sulfide) groups is 1. The Labute approximate surface area is 137 Å². The Morgan fingerprint density at radius 1 is 1.27 bits per heavy atom. The molecule has 0 radical (unpaired) electrons. The zero-order valence-corrected chi connectivity index (χ0v) is 14.3. The number of para-hydroxylation sites is 1. The number of ether oxygens (including phenoxy) is 2. The molecule has 0 aromatic heterocycles. The lowest BCUT2D eigenvalue weighted by Gasteiger charge is -2.38. The normalized spacial score (nSPS) is 24.2. The second-order valence-corrected chi connectivity index (χ2v) is 7.64. The van der Waals surface area contributed by atoms with E-state index in [0.717, 1.165) is 36.5 Å². The van der Waals surface area contributed by atoms with Crippen LogP contribution in [0.25, 0.3) is 0 Å². The van der Waals surface area contributed by atoms with Gasteiger partial charge in [0.25, 0.3) is 0 Å². The highest BCUT2D eigenvalue weighted by atomic mass is 32.2. The quantitative estimate of drug-likeness (QED) is 0.897. The summed E-state index contributed by atoms with van der Waals surface area (Å²) in [5.74, 6) is 4.08. The van der Waals surface area contributed by atoms with Crippen molar-refractivity contribution < 1.29 is 9.47 Å². The van der Waals surface area contributed by atoms with E-state index in [2.05, 4.69) is 12.1 Å². The number of hydrogen-bond donors (Lipinski definition) is 1. The highest BCUT2D eigenvalue weighted by Crippen LogP contribution is 2.46. The molecule has 4 heteroatoms. The van der Waals surface area contributed by atoms with Gasteiger partial charge in [0, 0.05) is 23.3 Å². The fraction of sp³-hybridized carbons (Fsp3) is 0.667. The molecule has 3 rings (SSSR count). The molecule has 0 amide bonds. The van der Waals surface area contributed by atoms with Crippen molar-refractivity contribution in [2.75, 3.05) is 25.2 Å². The topological polar surface area (TPSA) is 44.5 Å². The second kappa shape index (κ2) is 7.14. The van der Waals surface area contributed by atoms with Gasteiger partial charge in [-0.3, -0.25) is 0 Å². The molecule has 0 bridgehead atoms. The zero-order valence-electron chi connectivity index (χ0n) is 13.5. The SMILES string of the molecule is COc1c(OC2CCSC2)cccc1C1(CN)CCCCC1. The van der Waals surface area contributed by atoms with Crippen molar-refractivity contribution >= 4 is 11.8 Å². The summed E-state index contributed by atoms with van der Waals surface area (Å²) in [5.41, 5.74) is 7.52. The summed E-state index contributed by atoms with van der Waals surface area (Å²) in [6.45, 7) is 0.687. The number of nitrogens with two attached hydrogens (primary N) is 1. The molecule has 0 spiro atoms. The summed E-state index contributed by atoms with van der Waals surface area (Å²) < 4.78 is 12.0. The van der Waals surface area contributed by atoms with Crippen molar-refractivity contribution in [3.63, 3.8) is 0 Å². The predicted molar refractivity (Wildman–Crippen MR) is 93.2 cm³/mol. The zero-order chi connectivity index (χ0) is 15.4. The molecule has 2 N–H and O–H groups in total. The number of benzene rings is 1. The summed E-state index contributed by atoms with van der Waals surface area (Å²) in [6.07, 6.45) is 7.58. The Morgan fingerprint density at radius 3 is 2.73 bits per heavy atom. The molecule has 2 aliphatic rings. The first-order valence-electron chi connectivity index (χ1n) is 8.41. The number of methoxy groups -OCH3 is 1. The van der Waals surface area contributed by atoms with Gasteiger partial charge >= 0.3 is 0 Å². The fourth-order valence-corrected chi connectivity index (χ4v) is 4.93. The molecule has 1 aromatic carbocycles. The van der Waals surface area contributed by atoms with Gasteiger partial charge in [-0.05, 0) is 31.1 Å². The lowest BCUT2D eigenvalue weighted by molar-refractivity contribution is 0.214. The van der Waals surface area contributed by atoms with Crippen LogP contribution in [0.4, 0.5) is 0 Å². The summed E-state index contributed by atoms with van der Waals surface area (Å²) in [4.78, 5) is 0. The molecular weight excluding hydrogens is 294 g/mol. The van der Waals surface area contributed by atoms with Crippen LogP contribution in [0.2, 0.25) is 0 Å². The van der Waals surface area contributed by atoms with E-state index in [1.165, 1.54) is 30.6 Å². The van der Waals surface area contributed by atoms with Crippen molar-refractivity contribution in [2.45, 2.75) is 50.0 Å². The van der Waals surface area contributed by atoms with Crippen LogP contribution < -0.4 is 15.2 Å². The van der Waals surface area contributed by atoms with Crippen molar-refractivity contribution in [1.29, 1.82) is 0 Å². The van der Waals surface area contributed by atoms with E-state index in [1.807, 2.05) is 17.8 Å². The Balaban J connectivity index is 1.92. The summed E-state index contributed by atoms with van der Waals surface area (Å²) in [7, 11) is 1.75. The Hall–Kier alpha value is -0.870. The third kappa shape index (κ3) is 3.09. The maximum absolute atomic E-state index is 6.23. The minimum Gasteiger partial charge on any atom is -0.493 e. The molecule has 1 aromatic rings. The van der Waals surface area contributed by atoms with Gasteiger partial charge < -0.3 is 15.2 Å². The van der Waals surface area contributed by atoms with E-state index in [0.29, 0.717) is 12.6 Å². The first-order valence-corrected chi connectivity index (χ1v) is 9.56. The lowest BCUT2D eigenvalue weighted by atomic mass is 9.69. The maximum Gasteiger partial charge on any atom is 0.164 e. The summed E-state index contributed by atoms with van der Waals surface area (Å²) >= 11 is 1.97. The van der Waals surface area contributed by atoms with Gasteiger partial charge in [-0.25, -0.2) is 0 Å². The van der Waals surface area contributed by atoms with Gasteiger partial charge in [0.1, 0.15) is 6.10 Å². The Kier molecular flexibility index (Phi) is 5.19. The molecule has 1 aliphatic carbocycles. The maximum atomic E-state index is 6.23. The molecule has 2 fully saturated rings. The third-order valence-electron chi connectivity index (χ3n) is 5.14. The van der Waals surface area contributed by atoms with Crippen molar-refractivity contribution in [1.82, 2.24) is 0 Å². The van der Waals surface area contributed by atoms with E-state index in [1.54, 1.807) is 7.11 Å². The van der Waals surface area contributed by atoms with Crippen LogP contribution in [0.1, 0.15) is 44.1 Å². The molecule has 122 valence electrons. The molecule has 1 saturated heterocycles. The van der Waals surface area contributed by atoms with Crippen LogP contribution in [0, 0.1) is 0 Å². The van der Waals surface area contributed by atoms with Gasteiger partial charge in [-0.2, -0.15) is 11.8 Å². The van der Waals surface area contributed by atoms with Crippen molar-refractivity contribution in [3.8, 4) is 11.5 Å². The van der Waals surface area contributed by atoms with E-state index in [-0.39, 0.29) is 5.41 Å². The van der Waals surface area contributed by atoms with Crippen molar-refractivity contribution in [2.24, 2.45) is 5.73 Å². The minimum absolute atomic E-state index is 0.0629.